The van der Waals surface area contributed by atoms with Crippen molar-refractivity contribution >= 4 is 11.3 Å². The Morgan fingerprint density at radius 2 is 2.44 bits per heavy atom. The molecule has 0 atom stereocenters. The van der Waals surface area contributed by atoms with Crippen molar-refractivity contribution in [2.75, 3.05) is 13.7 Å². The zero-order valence-corrected chi connectivity index (χ0v) is 10.0. The van der Waals surface area contributed by atoms with Crippen molar-refractivity contribution in [2.24, 2.45) is 0 Å². The average molecular weight is 237 g/mol. The van der Waals surface area contributed by atoms with Crippen molar-refractivity contribution in [3.63, 3.8) is 0 Å². The van der Waals surface area contributed by atoms with Crippen molar-refractivity contribution in [2.45, 2.75) is 13.1 Å². The minimum atomic E-state index is 0.884. The van der Waals surface area contributed by atoms with E-state index in [0.717, 1.165) is 24.7 Å². The molecule has 0 radical (unpaired) electrons. The smallest absolute Gasteiger partial charge is 0.173 e. The van der Waals surface area contributed by atoms with Gasteiger partial charge in [-0.05, 0) is 18.2 Å². The van der Waals surface area contributed by atoms with Gasteiger partial charge < -0.3 is 10.1 Å². The summed E-state index contributed by atoms with van der Waals surface area (Å²) in [6.45, 7) is 2.70. The van der Waals surface area contributed by atoms with Crippen LogP contribution in [0.4, 0.5) is 0 Å². The lowest BCUT2D eigenvalue weighted by molar-refractivity contribution is 0.427. The maximum atomic E-state index is 5.14. The van der Waals surface area contributed by atoms with Gasteiger partial charge in [-0.1, -0.05) is 0 Å². The highest BCUT2D eigenvalue weighted by Crippen LogP contribution is 2.23. The predicted octanol–water partition coefficient (Wildman–Crippen LogP) is 1.74. The van der Waals surface area contributed by atoms with Crippen LogP contribution in [-0.2, 0) is 13.1 Å². The number of thiophene rings is 1. The first-order chi connectivity index (χ1) is 7.88. The summed E-state index contributed by atoms with van der Waals surface area (Å²) in [5.74, 6) is 0. The molecular weight excluding hydrogens is 222 g/mol. The maximum absolute atomic E-state index is 5.14. The molecule has 2 rings (SSSR count). The van der Waals surface area contributed by atoms with E-state index in [9.17, 15) is 0 Å². The Morgan fingerprint density at radius 1 is 1.50 bits per heavy atom. The van der Waals surface area contributed by atoms with Crippen LogP contribution in [0.25, 0.3) is 0 Å². The highest BCUT2D eigenvalue weighted by molar-refractivity contribution is 7.13. The van der Waals surface area contributed by atoms with Crippen LogP contribution in [0.1, 0.15) is 4.88 Å². The topological polar surface area (TPSA) is 39.1 Å². The number of hydrogen-bond acceptors (Lipinski definition) is 4. The summed E-state index contributed by atoms with van der Waals surface area (Å²) < 4.78 is 7.06. The van der Waals surface area contributed by atoms with Gasteiger partial charge in [-0.25, -0.2) is 0 Å². The fraction of sp³-hybridized carbons (Fsp3) is 0.364. The second-order valence-corrected chi connectivity index (χ2v) is 4.50. The van der Waals surface area contributed by atoms with Crippen LogP contribution >= 0.6 is 11.3 Å². The van der Waals surface area contributed by atoms with Crippen LogP contribution < -0.4 is 10.1 Å². The van der Waals surface area contributed by atoms with E-state index in [4.69, 9.17) is 4.74 Å². The standard InChI is InChI=1S/C11H15N3OS/c1-15-11-4-3-10(16-11)9-12-6-8-14-7-2-5-13-14/h2-5,7,12H,6,8-9H2,1H3. The molecule has 86 valence electrons. The minimum absolute atomic E-state index is 0.884. The molecule has 2 aromatic rings. The quantitative estimate of drug-likeness (QED) is 0.778. The summed E-state index contributed by atoms with van der Waals surface area (Å²) in [4.78, 5) is 1.29. The van der Waals surface area contributed by atoms with Crippen molar-refractivity contribution in [3.05, 3.63) is 35.5 Å². The molecule has 0 aliphatic heterocycles. The van der Waals surface area contributed by atoms with E-state index in [1.54, 1.807) is 24.6 Å². The number of hydrogen-bond donors (Lipinski definition) is 1. The first-order valence-electron chi connectivity index (χ1n) is 5.19. The maximum Gasteiger partial charge on any atom is 0.173 e. The molecule has 0 spiro atoms. The normalized spacial score (nSPS) is 10.6. The van der Waals surface area contributed by atoms with E-state index in [1.165, 1.54) is 4.88 Å². The van der Waals surface area contributed by atoms with E-state index < -0.39 is 0 Å². The molecule has 0 amide bonds. The molecule has 5 heteroatoms. The molecule has 0 unspecified atom stereocenters. The van der Waals surface area contributed by atoms with Crippen LogP contribution in [0, 0.1) is 0 Å². The van der Waals surface area contributed by atoms with E-state index in [0.29, 0.717) is 0 Å². The van der Waals surface area contributed by atoms with E-state index in [1.807, 2.05) is 23.0 Å². The van der Waals surface area contributed by atoms with Crippen molar-refractivity contribution in [3.8, 4) is 5.06 Å². The molecule has 0 fully saturated rings. The first-order valence-corrected chi connectivity index (χ1v) is 6.01. The third-order valence-corrected chi connectivity index (χ3v) is 3.26. The molecule has 0 aromatic carbocycles. The molecule has 0 aliphatic carbocycles. The third-order valence-electron chi connectivity index (χ3n) is 2.21. The van der Waals surface area contributed by atoms with Gasteiger partial charge in [-0.2, -0.15) is 5.10 Å². The predicted molar refractivity (Wildman–Crippen MR) is 64.8 cm³/mol. The lowest BCUT2D eigenvalue weighted by atomic mass is 10.4. The molecule has 0 aliphatic rings. The van der Waals surface area contributed by atoms with Gasteiger partial charge in [-0.15, -0.1) is 11.3 Å². The average Bonchev–Trinajstić information content (AvgIpc) is 2.95. The van der Waals surface area contributed by atoms with Crippen LogP contribution in [-0.4, -0.2) is 23.4 Å². The Hall–Kier alpha value is -1.33. The fourth-order valence-electron chi connectivity index (χ4n) is 1.40. The zero-order chi connectivity index (χ0) is 11.2. The van der Waals surface area contributed by atoms with Crippen LogP contribution in [0.5, 0.6) is 5.06 Å². The monoisotopic (exact) mass is 237 g/mol. The summed E-state index contributed by atoms with van der Waals surface area (Å²) in [6, 6.07) is 6.02. The van der Waals surface area contributed by atoms with Crippen LogP contribution in [0.2, 0.25) is 0 Å². The fourth-order valence-corrected chi connectivity index (χ4v) is 2.19. The molecule has 0 saturated carbocycles. The minimum Gasteiger partial charge on any atom is -0.487 e. The van der Waals surface area contributed by atoms with E-state index in [2.05, 4.69) is 16.5 Å². The molecule has 0 saturated heterocycles. The van der Waals surface area contributed by atoms with Gasteiger partial charge in [0.2, 0.25) is 0 Å². The largest absolute Gasteiger partial charge is 0.487 e. The van der Waals surface area contributed by atoms with Gasteiger partial charge >= 0.3 is 0 Å². The van der Waals surface area contributed by atoms with Crippen LogP contribution in [0.15, 0.2) is 30.6 Å². The SMILES string of the molecule is COc1ccc(CNCCn2cccn2)s1. The number of methoxy groups -OCH3 is 1. The van der Waals surface area contributed by atoms with Gasteiger partial charge in [0.1, 0.15) is 0 Å². The van der Waals surface area contributed by atoms with Crippen LogP contribution in [0.3, 0.4) is 0 Å². The lowest BCUT2D eigenvalue weighted by Gasteiger charge is -2.03. The number of ether oxygens (including phenoxy) is 1. The number of nitrogens with zero attached hydrogens (tertiary/aromatic N) is 2. The zero-order valence-electron chi connectivity index (χ0n) is 9.22. The molecular formula is C11H15N3OS. The van der Waals surface area contributed by atoms with E-state index in [-0.39, 0.29) is 0 Å². The molecule has 2 aromatic heterocycles. The van der Waals surface area contributed by atoms with Crippen molar-refractivity contribution in [1.82, 2.24) is 15.1 Å². The van der Waals surface area contributed by atoms with Gasteiger partial charge in [0.15, 0.2) is 5.06 Å². The lowest BCUT2D eigenvalue weighted by Crippen LogP contribution is -2.19. The summed E-state index contributed by atoms with van der Waals surface area (Å²) in [5.41, 5.74) is 0. The Labute approximate surface area is 98.9 Å². The Balaban J connectivity index is 1.68. The summed E-state index contributed by atoms with van der Waals surface area (Å²) in [5, 5.41) is 8.47. The highest BCUT2D eigenvalue weighted by atomic mass is 32.1. The molecule has 0 bridgehead atoms. The second kappa shape index (κ2) is 5.67. The van der Waals surface area contributed by atoms with Gasteiger partial charge in [-0.3, -0.25) is 4.68 Å². The Kier molecular flexibility index (Phi) is 3.96. The Morgan fingerprint density at radius 3 is 3.12 bits per heavy atom. The highest BCUT2D eigenvalue weighted by Gasteiger charge is 1.98. The number of aromatic nitrogens is 2. The van der Waals surface area contributed by atoms with Crippen molar-refractivity contribution < 1.29 is 4.74 Å². The van der Waals surface area contributed by atoms with Gasteiger partial charge in [0.25, 0.3) is 0 Å². The summed E-state index contributed by atoms with van der Waals surface area (Å²) in [7, 11) is 1.70. The second-order valence-electron chi connectivity index (χ2n) is 3.37. The summed E-state index contributed by atoms with van der Waals surface area (Å²) in [6.07, 6.45) is 3.76. The first kappa shape index (κ1) is 11.2. The van der Waals surface area contributed by atoms with E-state index >= 15 is 0 Å². The molecule has 4 nitrogen and oxygen atoms in total. The third kappa shape index (κ3) is 3.08. The molecule has 1 N–H and O–H groups in total. The summed E-state index contributed by atoms with van der Waals surface area (Å²) >= 11 is 1.67. The molecule has 2 heterocycles. The number of rotatable bonds is 6. The number of nitrogens with one attached hydrogen (secondary N) is 1. The van der Waals surface area contributed by atoms with Gasteiger partial charge in [0.05, 0.1) is 13.7 Å². The Bertz CT molecular complexity index is 411. The van der Waals surface area contributed by atoms with Crippen molar-refractivity contribution in [1.29, 1.82) is 0 Å². The van der Waals surface area contributed by atoms with Gasteiger partial charge in [0, 0.05) is 30.4 Å². The molecule has 16 heavy (non-hydrogen) atoms.